The fourth-order valence-electron chi connectivity index (χ4n) is 3.05. The molecule has 2 amide bonds. The highest BCUT2D eigenvalue weighted by Gasteiger charge is 2.54. The lowest BCUT2D eigenvalue weighted by atomic mass is 10.0. The molecule has 2 aliphatic rings. The number of H-pyrrole nitrogens is 1. The van der Waals surface area contributed by atoms with Crippen LogP contribution in [0.1, 0.15) is 11.3 Å². The third kappa shape index (κ3) is 4.29. The molecular formula is C16H17N7O6S3. The molecule has 8 N–H and O–H groups in total. The Hall–Kier alpha value is -3.08. The largest absolute Gasteiger partial charge is 0.477 e. The number of amides is 2. The first-order chi connectivity index (χ1) is 14.9. The highest BCUT2D eigenvalue weighted by molar-refractivity contribution is 8.05. The molecule has 4 heterocycles. The zero-order valence-electron chi connectivity index (χ0n) is 16.0. The summed E-state index contributed by atoms with van der Waals surface area (Å²) in [5, 5.41) is 32.0. The number of thiazole rings is 1. The molecule has 0 spiro atoms. The maximum absolute atomic E-state index is 12.7. The van der Waals surface area contributed by atoms with E-state index in [0.29, 0.717) is 16.4 Å². The molecular weight excluding hydrogens is 482 g/mol. The molecule has 0 saturated carbocycles. The number of aliphatic carboxylic acids is 1. The van der Waals surface area contributed by atoms with Crippen molar-refractivity contribution in [3.8, 4) is 0 Å². The number of carboxylic acid groups (broad SMARTS) is 1. The van der Waals surface area contributed by atoms with Crippen molar-refractivity contribution in [2.24, 2.45) is 5.16 Å². The van der Waals surface area contributed by atoms with Crippen LogP contribution in [-0.4, -0.2) is 76.5 Å². The molecule has 4 rings (SSSR count). The van der Waals surface area contributed by atoms with E-state index in [1.165, 1.54) is 33.8 Å². The van der Waals surface area contributed by atoms with Crippen LogP contribution in [0.5, 0.6) is 0 Å². The van der Waals surface area contributed by atoms with E-state index in [-0.39, 0.29) is 27.7 Å². The second kappa shape index (κ2) is 9.60. The van der Waals surface area contributed by atoms with Crippen LogP contribution >= 0.6 is 34.9 Å². The van der Waals surface area contributed by atoms with E-state index in [2.05, 4.69) is 25.7 Å². The SMILES string of the molecule is Nc1nc(/C(=N/O)C(=O)N[C@@H]2C(=O)N3C(C(=O)O)=C(SCc4cn[nH]c4)CS[C@H]23)cs1.O. The molecule has 16 heteroatoms. The Morgan fingerprint density at radius 1 is 1.47 bits per heavy atom. The molecule has 2 aromatic rings. The minimum absolute atomic E-state index is 0. The Kier molecular flexibility index (Phi) is 7.07. The average molecular weight is 500 g/mol. The number of nitrogens with zero attached hydrogens (tertiary/aromatic N) is 4. The molecule has 0 unspecified atom stereocenters. The zero-order chi connectivity index (χ0) is 22.1. The summed E-state index contributed by atoms with van der Waals surface area (Å²) in [4.78, 5) is 42.7. The topological polar surface area (TPSA) is 218 Å². The molecule has 2 aliphatic heterocycles. The summed E-state index contributed by atoms with van der Waals surface area (Å²) < 4.78 is 0. The second-order valence-corrected chi connectivity index (χ2v) is 9.42. The molecule has 1 saturated heterocycles. The van der Waals surface area contributed by atoms with Gasteiger partial charge in [0.05, 0.1) is 6.20 Å². The molecule has 32 heavy (non-hydrogen) atoms. The lowest BCUT2D eigenvalue weighted by Crippen LogP contribution is -2.71. The number of rotatable bonds is 7. The standard InChI is InChI=1S/C16H15N7O5S3.H2O/c17-16-20-7(4-31-16)9(22-28)12(24)21-10-13(25)23-11(15(26)27)8(5-30-14(10)23)29-3-6-1-18-19-2-6;/h1-2,4,10,14,28H,3,5H2,(H2,17,20)(H,18,19)(H,21,24)(H,26,27);1H2/b22-9-;/t10-,14-;/m1./s1. The first kappa shape index (κ1) is 23.6. The summed E-state index contributed by atoms with van der Waals surface area (Å²) in [5.41, 5.74) is 6.04. The smallest absolute Gasteiger partial charge is 0.353 e. The summed E-state index contributed by atoms with van der Waals surface area (Å²) in [7, 11) is 0. The van der Waals surface area contributed by atoms with E-state index in [9.17, 15) is 24.7 Å². The van der Waals surface area contributed by atoms with Crippen LogP contribution in [0.25, 0.3) is 0 Å². The molecule has 0 aromatic carbocycles. The number of aromatic nitrogens is 3. The highest BCUT2D eigenvalue weighted by Crippen LogP contribution is 2.44. The number of anilines is 1. The number of carbonyl (C=O) groups is 3. The molecule has 0 aliphatic carbocycles. The van der Waals surface area contributed by atoms with Crippen LogP contribution in [0, 0.1) is 0 Å². The van der Waals surface area contributed by atoms with Gasteiger partial charge in [0, 0.05) is 33.6 Å². The third-order valence-electron chi connectivity index (χ3n) is 4.47. The number of thioether (sulfide) groups is 2. The Morgan fingerprint density at radius 3 is 2.84 bits per heavy atom. The van der Waals surface area contributed by atoms with Crippen molar-refractivity contribution in [1.29, 1.82) is 0 Å². The van der Waals surface area contributed by atoms with Gasteiger partial charge < -0.3 is 26.8 Å². The quantitative estimate of drug-likeness (QED) is 0.141. The lowest BCUT2D eigenvalue weighted by Gasteiger charge is -2.49. The van der Waals surface area contributed by atoms with Gasteiger partial charge in [-0.25, -0.2) is 9.78 Å². The van der Waals surface area contributed by atoms with E-state index in [1.807, 2.05) is 0 Å². The summed E-state index contributed by atoms with van der Waals surface area (Å²) in [6.45, 7) is 0. The third-order valence-corrected chi connectivity index (χ3v) is 7.77. The van der Waals surface area contributed by atoms with E-state index >= 15 is 0 Å². The predicted octanol–water partition coefficient (Wildman–Crippen LogP) is -0.568. The van der Waals surface area contributed by atoms with Crippen molar-refractivity contribution in [2.75, 3.05) is 11.5 Å². The van der Waals surface area contributed by atoms with Gasteiger partial charge in [-0.1, -0.05) is 5.16 Å². The maximum atomic E-state index is 12.7. The number of β-lactam (4-membered cyclic amide) rings is 1. The molecule has 2 atom stereocenters. The number of nitrogen functional groups attached to an aromatic ring is 1. The summed E-state index contributed by atoms with van der Waals surface area (Å²) in [6.07, 6.45) is 3.35. The van der Waals surface area contributed by atoms with E-state index in [1.54, 1.807) is 12.4 Å². The van der Waals surface area contributed by atoms with Crippen molar-refractivity contribution in [3.05, 3.63) is 39.6 Å². The minimum Gasteiger partial charge on any atom is -0.477 e. The fourth-order valence-corrected chi connectivity index (χ4v) is 6.15. The Morgan fingerprint density at radius 2 is 2.25 bits per heavy atom. The average Bonchev–Trinajstić information content (AvgIpc) is 3.42. The Labute approximate surface area is 192 Å². The molecule has 0 radical (unpaired) electrons. The number of carbonyl (C=O) groups excluding carboxylic acids is 2. The van der Waals surface area contributed by atoms with E-state index in [4.69, 9.17) is 5.73 Å². The van der Waals surface area contributed by atoms with Crippen molar-refractivity contribution in [1.82, 2.24) is 25.4 Å². The number of hydrogen-bond donors (Lipinski definition) is 5. The molecule has 1 fully saturated rings. The number of oxime groups is 1. The molecule has 2 aromatic heterocycles. The van der Waals surface area contributed by atoms with E-state index in [0.717, 1.165) is 16.9 Å². The summed E-state index contributed by atoms with van der Waals surface area (Å²) in [6, 6.07) is -0.958. The lowest BCUT2D eigenvalue weighted by molar-refractivity contribution is -0.150. The van der Waals surface area contributed by atoms with Crippen molar-refractivity contribution < 1.29 is 30.2 Å². The first-order valence-electron chi connectivity index (χ1n) is 8.66. The van der Waals surface area contributed by atoms with E-state index < -0.39 is 29.2 Å². The monoisotopic (exact) mass is 499 g/mol. The molecule has 13 nitrogen and oxygen atoms in total. The predicted molar refractivity (Wildman–Crippen MR) is 118 cm³/mol. The number of fused-ring (bicyclic) bond motifs is 1. The van der Waals surface area contributed by atoms with Gasteiger partial charge in [0.15, 0.2) is 10.8 Å². The van der Waals surface area contributed by atoms with Crippen LogP contribution in [0.2, 0.25) is 0 Å². The fraction of sp³-hybridized carbons (Fsp3) is 0.250. The Bertz CT molecular complexity index is 1100. The van der Waals surface area contributed by atoms with Crippen LogP contribution < -0.4 is 11.1 Å². The van der Waals surface area contributed by atoms with Crippen LogP contribution in [0.3, 0.4) is 0 Å². The molecule has 0 bridgehead atoms. The van der Waals surface area contributed by atoms with Gasteiger partial charge >= 0.3 is 5.97 Å². The van der Waals surface area contributed by atoms with Gasteiger partial charge in [0.1, 0.15) is 22.8 Å². The van der Waals surface area contributed by atoms with Gasteiger partial charge in [-0.05, 0) is 0 Å². The number of carboxylic acids is 1. The van der Waals surface area contributed by atoms with Gasteiger partial charge in [0.25, 0.3) is 11.8 Å². The van der Waals surface area contributed by atoms with Gasteiger partial charge in [-0.3, -0.25) is 19.6 Å². The van der Waals surface area contributed by atoms with Gasteiger partial charge in [0.2, 0.25) is 0 Å². The second-order valence-electron chi connectivity index (χ2n) is 6.35. The normalized spacial score (nSPS) is 20.3. The zero-order valence-corrected chi connectivity index (χ0v) is 18.5. The van der Waals surface area contributed by atoms with Crippen LogP contribution in [0.15, 0.2) is 33.5 Å². The Balaban J connectivity index is 0.00000289. The highest BCUT2D eigenvalue weighted by atomic mass is 32.2. The molecule has 170 valence electrons. The van der Waals surface area contributed by atoms with Crippen molar-refractivity contribution in [3.63, 3.8) is 0 Å². The number of nitrogens with two attached hydrogens (primary N) is 1. The van der Waals surface area contributed by atoms with Gasteiger partial charge in [-0.15, -0.1) is 34.9 Å². The minimum atomic E-state index is -1.21. The van der Waals surface area contributed by atoms with Crippen LogP contribution in [-0.2, 0) is 20.1 Å². The summed E-state index contributed by atoms with van der Waals surface area (Å²) in [5.74, 6) is -1.71. The summed E-state index contributed by atoms with van der Waals surface area (Å²) >= 11 is 3.73. The van der Waals surface area contributed by atoms with Crippen LogP contribution in [0.4, 0.5) is 5.13 Å². The first-order valence-corrected chi connectivity index (χ1v) is 11.6. The number of hydrogen-bond acceptors (Lipinski definition) is 11. The number of nitrogens with one attached hydrogen (secondary N) is 2. The maximum Gasteiger partial charge on any atom is 0.353 e. The van der Waals surface area contributed by atoms with Crippen molar-refractivity contribution in [2.45, 2.75) is 17.2 Å². The number of aromatic amines is 1. The van der Waals surface area contributed by atoms with Gasteiger partial charge in [-0.2, -0.15) is 5.10 Å². The van der Waals surface area contributed by atoms with Crippen molar-refractivity contribution >= 4 is 63.5 Å².